The Bertz CT molecular complexity index is 1100. The number of rotatable bonds is 5. The monoisotopic (exact) mass is 431 g/mol. The molecule has 0 saturated carbocycles. The maximum atomic E-state index is 12.8. The van der Waals surface area contributed by atoms with Crippen molar-refractivity contribution in [3.05, 3.63) is 59.4 Å². The Morgan fingerprint density at radius 2 is 1.86 bits per heavy atom. The fourth-order valence-electron chi connectivity index (χ4n) is 3.24. The Kier molecular flexibility index (Phi) is 5.48. The van der Waals surface area contributed by atoms with E-state index in [9.17, 15) is 13.2 Å². The topological polar surface area (TPSA) is 88.4 Å². The van der Waals surface area contributed by atoms with E-state index in [4.69, 9.17) is 0 Å². The lowest BCUT2D eigenvalue weighted by Crippen LogP contribution is -2.50. The zero-order chi connectivity index (χ0) is 20.4. The maximum absolute atomic E-state index is 12.8. The number of thiazole rings is 1. The van der Waals surface area contributed by atoms with E-state index in [0.717, 1.165) is 16.1 Å². The number of nitrogens with zero attached hydrogens (tertiary/aromatic N) is 5. The van der Waals surface area contributed by atoms with Crippen molar-refractivity contribution in [1.82, 2.24) is 24.0 Å². The lowest BCUT2D eigenvalue weighted by molar-refractivity contribution is 0.0693. The highest BCUT2D eigenvalue weighted by atomic mass is 32.2. The Morgan fingerprint density at radius 3 is 2.52 bits per heavy atom. The second-order valence-corrected chi connectivity index (χ2v) is 9.70. The molecule has 0 atom stereocenters. The van der Waals surface area contributed by atoms with Crippen LogP contribution in [0.3, 0.4) is 0 Å². The van der Waals surface area contributed by atoms with Gasteiger partial charge >= 0.3 is 0 Å². The summed E-state index contributed by atoms with van der Waals surface area (Å²) in [5.41, 5.74) is 2.01. The third-order valence-electron chi connectivity index (χ3n) is 4.79. The van der Waals surface area contributed by atoms with Gasteiger partial charge in [-0.25, -0.2) is 13.4 Å². The lowest BCUT2D eigenvalue weighted by Gasteiger charge is -2.33. The first-order chi connectivity index (χ1) is 13.9. The predicted octanol–water partition coefficient (Wildman–Crippen LogP) is 1.83. The first-order valence-electron chi connectivity index (χ1n) is 9.18. The van der Waals surface area contributed by atoms with Crippen molar-refractivity contribution >= 4 is 27.3 Å². The zero-order valence-electron chi connectivity index (χ0n) is 15.9. The van der Waals surface area contributed by atoms with E-state index in [2.05, 4.69) is 10.1 Å². The van der Waals surface area contributed by atoms with Crippen LogP contribution in [-0.2, 0) is 22.8 Å². The number of aromatic nitrogens is 3. The predicted molar refractivity (Wildman–Crippen MR) is 111 cm³/mol. The molecule has 0 N–H and O–H groups in total. The van der Waals surface area contributed by atoms with Gasteiger partial charge in [0.1, 0.15) is 10.7 Å². The van der Waals surface area contributed by atoms with Crippen LogP contribution in [0.5, 0.6) is 0 Å². The van der Waals surface area contributed by atoms with Crippen LogP contribution in [0.15, 0.2) is 48.1 Å². The van der Waals surface area contributed by atoms with Gasteiger partial charge in [-0.05, 0) is 5.56 Å². The van der Waals surface area contributed by atoms with Gasteiger partial charge in [-0.3, -0.25) is 9.48 Å². The van der Waals surface area contributed by atoms with E-state index in [1.165, 1.54) is 15.6 Å². The van der Waals surface area contributed by atoms with Crippen molar-refractivity contribution in [2.45, 2.75) is 5.75 Å². The Hall–Kier alpha value is -2.56. The summed E-state index contributed by atoms with van der Waals surface area (Å²) >= 11 is 1.40. The summed E-state index contributed by atoms with van der Waals surface area (Å²) < 4.78 is 28.5. The number of hydrogen-bond acceptors (Lipinski definition) is 6. The molecule has 2 aromatic heterocycles. The van der Waals surface area contributed by atoms with Crippen molar-refractivity contribution in [3.63, 3.8) is 0 Å². The van der Waals surface area contributed by atoms with Gasteiger partial charge in [-0.1, -0.05) is 30.3 Å². The van der Waals surface area contributed by atoms with Crippen LogP contribution < -0.4 is 0 Å². The van der Waals surface area contributed by atoms with E-state index in [1.807, 2.05) is 31.4 Å². The Morgan fingerprint density at radius 1 is 1.14 bits per heavy atom. The van der Waals surface area contributed by atoms with E-state index in [1.54, 1.807) is 33.3 Å². The van der Waals surface area contributed by atoms with Gasteiger partial charge in [-0.15, -0.1) is 11.3 Å². The molecule has 0 unspecified atom stereocenters. The number of hydrogen-bond donors (Lipinski definition) is 0. The number of carbonyl (C=O) groups excluding carboxylic acids is 1. The molecule has 0 spiro atoms. The number of amides is 1. The average molecular weight is 432 g/mol. The Labute approximate surface area is 173 Å². The molecule has 4 rings (SSSR count). The molecule has 8 nitrogen and oxygen atoms in total. The third kappa shape index (κ3) is 4.39. The van der Waals surface area contributed by atoms with E-state index >= 15 is 0 Å². The standard InChI is InChI=1S/C19H21N5O3S2/c1-22-12-16(11-20-22)18-21-17(13-28-18)19(25)23-7-9-24(10-8-23)29(26,27)14-15-5-3-2-4-6-15/h2-6,11-13H,7-10,14H2,1H3. The quantitative estimate of drug-likeness (QED) is 0.615. The molecule has 0 aliphatic carbocycles. The summed E-state index contributed by atoms with van der Waals surface area (Å²) in [5, 5.41) is 6.60. The van der Waals surface area contributed by atoms with E-state index < -0.39 is 10.0 Å². The van der Waals surface area contributed by atoms with Crippen LogP contribution in [0.2, 0.25) is 0 Å². The van der Waals surface area contributed by atoms with Gasteiger partial charge in [0.2, 0.25) is 10.0 Å². The number of sulfonamides is 1. The second-order valence-electron chi connectivity index (χ2n) is 6.87. The number of aryl methyl sites for hydroxylation is 1. The van der Waals surface area contributed by atoms with Crippen molar-refractivity contribution in [2.24, 2.45) is 7.05 Å². The van der Waals surface area contributed by atoms with E-state index in [0.29, 0.717) is 31.9 Å². The molecule has 152 valence electrons. The summed E-state index contributed by atoms with van der Waals surface area (Å²) in [6, 6.07) is 9.13. The molecule has 1 aliphatic heterocycles. The zero-order valence-corrected chi connectivity index (χ0v) is 17.6. The number of piperazine rings is 1. The van der Waals surface area contributed by atoms with Crippen LogP contribution in [0.1, 0.15) is 16.1 Å². The number of benzene rings is 1. The fourth-order valence-corrected chi connectivity index (χ4v) is 5.53. The minimum Gasteiger partial charge on any atom is -0.335 e. The van der Waals surface area contributed by atoms with Crippen LogP contribution in [-0.4, -0.2) is 64.5 Å². The molecule has 3 aromatic rings. The van der Waals surface area contributed by atoms with Crippen molar-refractivity contribution in [2.75, 3.05) is 26.2 Å². The van der Waals surface area contributed by atoms with Crippen molar-refractivity contribution in [3.8, 4) is 10.6 Å². The highest BCUT2D eigenvalue weighted by Crippen LogP contribution is 2.24. The van der Waals surface area contributed by atoms with Gasteiger partial charge in [0.05, 0.1) is 11.9 Å². The van der Waals surface area contributed by atoms with Crippen molar-refractivity contribution in [1.29, 1.82) is 0 Å². The van der Waals surface area contributed by atoms with Gasteiger partial charge in [0.25, 0.3) is 5.91 Å². The molecule has 0 radical (unpaired) electrons. The normalized spacial score (nSPS) is 15.6. The number of carbonyl (C=O) groups is 1. The summed E-state index contributed by atoms with van der Waals surface area (Å²) in [4.78, 5) is 18.9. The molecule has 1 fully saturated rings. The first-order valence-corrected chi connectivity index (χ1v) is 11.7. The van der Waals surface area contributed by atoms with Gasteiger partial charge in [0.15, 0.2) is 0 Å². The summed E-state index contributed by atoms with van der Waals surface area (Å²) in [5.74, 6) is -0.195. The molecule has 1 aromatic carbocycles. The van der Waals surface area contributed by atoms with Crippen LogP contribution in [0.4, 0.5) is 0 Å². The first kappa shape index (κ1) is 19.7. The van der Waals surface area contributed by atoms with Gasteiger partial charge in [0, 0.05) is 50.4 Å². The average Bonchev–Trinajstić information content (AvgIpc) is 3.37. The highest BCUT2D eigenvalue weighted by molar-refractivity contribution is 7.88. The highest BCUT2D eigenvalue weighted by Gasteiger charge is 2.30. The smallest absolute Gasteiger partial charge is 0.273 e. The van der Waals surface area contributed by atoms with Crippen molar-refractivity contribution < 1.29 is 13.2 Å². The summed E-state index contributed by atoms with van der Waals surface area (Å²) in [7, 11) is -1.58. The summed E-state index contributed by atoms with van der Waals surface area (Å²) in [6.45, 7) is 1.29. The minimum atomic E-state index is -3.41. The molecule has 1 saturated heterocycles. The molecular weight excluding hydrogens is 410 g/mol. The fraction of sp³-hybridized carbons (Fsp3) is 0.316. The van der Waals surface area contributed by atoms with E-state index in [-0.39, 0.29) is 11.7 Å². The minimum absolute atomic E-state index is 0.0255. The molecule has 10 heteroatoms. The molecule has 1 aliphatic rings. The summed E-state index contributed by atoms with van der Waals surface area (Å²) in [6.07, 6.45) is 3.56. The molecule has 0 bridgehead atoms. The SMILES string of the molecule is Cn1cc(-c2nc(C(=O)N3CCN(S(=O)(=O)Cc4ccccc4)CC3)cs2)cn1. The van der Waals surface area contributed by atoms with Gasteiger partial charge < -0.3 is 4.90 Å². The third-order valence-corrected chi connectivity index (χ3v) is 7.53. The molecular formula is C19H21N5O3S2. The van der Waals surface area contributed by atoms with Crippen LogP contribution >= 0.6 is 11.3 Å². The maximum Gasteiger partial charge on any atom is 0.273 e. The molecule has 1 amide bonds. The lowest BCUT2D eigenvalue weighted by atomic mass is 10.2. The Balaban J connectivity index is 1.38. The van der Waals surface area contributed by atoms with Crippen LogP contribution in [0, 0.1) is 0 Å². The van der Waals surface area contributed by atoms with Gasteiger partial charge in [-0.2, -0.15) is 9.40 Å². The molecule has 3 heterocycles. The second kappa shape index (κ2) is 8.05. The van der Waals surface area contributed by atoms with Crippen LogP contribution in [0.25, 0.3) is 10.6 Å². The largest absolute Gasteiger partial charge is 0.335 e. The molecule has 29 heavy (non-hydrogen) atoms.